The van der Waals surface area contributed by atoms with Crippen LogP contribution < -0.4 is 5.32 Å². The fourth-order valence-corrected chi connectivity index (χ4v) is 3.57. The van der Waals surface area contributed by atoms with Crippen LogP contribution in [0.5, 0.6) is 0 Å². The maximum atomic E-state index is 12.3. The van der Waals surface area contributed by atoms with Gasteiger partial charge in [0.15, 0.2) is 24.5 Å². The van der Waals surface area contributed by atoms with Gasteiger partial charge in [-0.2, -0.15) is 0 Å². The Bertz CT molecular complexity index is 769. The summed E-state index contributed by atoms with van der Waals surface area (Å²) in [6, 6.07) is -0.926. The first-order valence-electron chi connectivity index (χ1n) is 8.67. The number of hydrogen-bond donors (Lipinski definition) is 3. The molecule has 3 aliphatic rings. The second kappa shape index (κ2) is 8.13. The van der Waals surface area contributed by atoms with E-state index in [2.05, 4.69) is 20.0 Å². The zero-order valence-corrected chi connectivity index (χ0v) is 15.5. The van der Waals surface area contributed by atoms with Crippen LogP contribution in [0.2, 0.25) is 0 Å². The number of aliphatic hydroxyl groups is 1. The number of aliphatic carboxylic acids is 1. The van der Waals surface area contributed by atoms with Crippen molar-refractivity contribution in [3.8, 4) is 0 Å². The molecule has 0 aliphatic carbocycles. The molecule has 13 nitrogen and oxygen atoms in total. The highest BCUT2D eigenvalue weighted by Gasteiger charge is 2.56. The van der Waals surface area contributed by atoms with Crippen molar-refractivity contribution in [2.75, 3.05) is 7.11 Å². The highest BCUT2D eigenvalue weighted by atomic mass is 16.6. The van der Waals surface area contributed by atoms with Crippen molar-refractivity contribution >= 4 is 36.5 Å². The van der Waals surface area contributed by atoms with E-state index < -0.39 is 72.9 Å². The number of methoxy groups -OCH3 is 1. The van der Waals surface area contributed by atoms with Crippen molar-refractivity contribution in [1.82, 2.24) is 10.2 Å². The number of aliphatic imine (C=N–C) groups is 2. The summed E-state index contributed by atoms with van der Waals surface area (Å²) in [4.78, 5) is 56.6. The van der Waals surface area contributed by atoms with Crippen molar-refractivity contribution in [2.24, 2.45) is 15.9 Å². The number of nitrogens with one attached hydrogen (secondary N) is 1. The SMILES string of the molecule is COC(=O)C(CC(=O)O)[C@H]1O[C@@H](N2C=NC3N=CNC(=O)C32)[C@H](OC(C)=O)[C@H]1O. The van der Waals surface area contributed by atoms with E-state index in [0.29, 0.717) is 0 Å². The molecule has 13 heteroatoms. The minimum absolute atomic E-state index is 0.444. The van der Waals surface area contributed by atoms with E-state index in [9.17, 15) is 24.3 Å². The average molecular weight is 412 g/mol. The molecule has 0 spiro atoms. The van der Waals surface area contributed by atoms with Gasteiger partial charge in [0, 0.05) is 6.92 Å². The van der Waals surface area contributed by atoms with Crippen molar-refractivity contribution < 1.29 is 43.6 Å². The van der Waals surface area contributed by atoms with Gasteiger partial charge < -0.3 is 34.6 Å². The first kappa shape index (κ1) is 20.7. The molecule has 1 saturated heterocycles. The Morgan fingerprint density at radius 1 is 1.38 bits per heavy atom. The lowest BCUT2D eigenvalue weighted by Gasteiger charge is -2.33. The number of carbonyl (C=O) groups is 4. The molecular formula is C16H20N4O9. The van der Waals surface area contributed by atoms with Gasteiger partial charge >= 0.3 is 17.9 Å². The molecule has 3 rings (SSSR count). The summed E-state index contributed by atoms with van der Waals surface area (Å²) in [7, 11) is 1.07. The molecule has 0 aromatic rings. The number of carbonyl (C=O) groups excluding carboxylic acids is 3. The maximum absolute atomic E-state index is 12.3. The summed E-state index contributed by atoms with van der Waals surface area (Å²) >= 11 is 0. The number of ether oxygens (including phenoxy) is 3. The lowest BCUT2D eigenvalue weighted by Crippen LogP contribution is -2.57. The highest BCUT2D eigenvalue weighted by molar-refractivity contribution is 5.96. The van der Waals surface area contributed by atoms with Crippen LogP contribution >= 0.6 is 0 Å². The van der Waals surface area contributed by atoms with Crippen LogP contribution in [0.4, 0.5) is 0 Å². The normalized spacial score (nSPS) is 33.8. The first-order valence-corrected chi connectivity index (χ1v) is 8.67. The summed E-state index contributed by atoms with van der Waals surface area (Å²) in [6.45, 7) is 1.12. The van der Waals surface area contributed by atoms with E-state index in [4.69, 9.17) is 14.6 Å². The van der Waals surface area contributed by atoms with Gasteiger partial charge in [-0.15, -0.1) is 0 Å². The van der Waals surface area contributed by atoms with Gasteiger partial charge in [0.1, 0.15) is 12.2 Å². The number of rotatable bonds is 6. The number of amides is 1. The van der Waals surface area contributed by atoms with Crippen LogP contribution in [0.3, 0.4) is 0 Å². The molecule has 3 heterocycles. The van der Waals surface area contributed by atoms with Gasteiger partial charge in [-0.1, -0.05) is 0 Å². The molecule has 7 atom stereocenters. The number of aliphatic hydroxyl groups excluding tert-OH is 1. The summed E-state index contributed by atoms with van der Waals surface area (Å²) in [5.41, 5.74) is 0. The van der Waals surface area contributed by atoms with Crippen molar-refractivity contribution in [2.45, 2.75) is 50.1 Å². The Kier molecular flexibility index (Phi) is 5.79. The van der Waals surface area contributed by atoms with E-state index in [-0.39, 0.29) is 0 Å². The zero-order valence-electron chi connectivity index (χ0n) is 15.5. The van der Waals surface area contributed by atoms with E-state index >= 15 is 0 Å². The average Bonchev–Trinajstić information content (AvgIpc) is 3.22. The Labute approximate surface area is 164 Å². The minimum atomic E-state index is -1.56. The van der Waals surface area contributed by atoms with Crippen molar-refractivity contribution in [1.29, 1.82) is 0 Å². The summed E-state index contributed by atoms with van der Waals surface area (Å²) in [5.74, 6) is -4.78. The topological polar surface area (TPSA) is 176 Å². The number of carboxylic acids is 1. The Balaban J connectivity index is 1.91. The zero-order chi connectivity index (χ0) is 21.3. The van der Waals surface area contributed by atoms with Gasteiger partial charge in [-0.25, -0.2) is 9.98 Å². The molecule has 1 fully saturated rings. The third kappa shape index (κ3) is 3.91. The van der Waals surface area contributed by atoms with Crippen molar-refractivity contribution in [3.05, 3.63) is 0 Å². The van der Waals surface area contributed by atoms with Crippen LogP contribution in [0.25, 0.3) is 0 Å². The van der Waals surface area contributed by atoms with Gasteiger partial charge in [-0.05, 0) is 0 Å². The lowest BCUT2D eigenvalue weighted by atomic mass is 9.93. The Morgan fingerprint density at radius 2 is 2.10 bits per heavy atom. The van der Waals surface area contributed by atoms with E-state index in [1.54, 1.807) is 0 Å². The van der Waals surface area contributed by atoms with Crippen LogP contribution in [0, 0.1) is 5.92 Å². The van der Waals surface area contributed by atoms with Crippen LogP contribution in [-0.4, -0.2) is 95.5 Å². The molecule has 3 aliphatic heterocycles. The van der Waals surface area contributed by atoms with E-state index in [0.717, 1.165) is 14.0 Å². The second-order valence-corrected chi connectivity index (χ2v) is 6.64. The van der Waals surface area contributed by atoms with Crippen LogP contribution in [0.1, 0.15) is 13.3 Å². The Hall–Kier alpha value is -3.06. The Morgan fingerprint density at radius 3 is 2.72 bits per heavy atom. The number of carboxylic acid groups (broad SMARTS) is 1. The molecule has 0 radical (unpaired) electrons. The highest BCUT2D eigenvalue weighted by Crippen LogP contribution is 2.35. The molecule has 0 aromatic carbocycles. The molecule has 0 saturated carbocycles. The second-order valence-electron chi connectivity index (χ2n) is 6.64. The van der Waals surface area contributed by atoms with Gasteiger partial charge in [0.05, 0.1) is 32.1 Å². The number of fused-ring (bicyclic) bond motifs is 1. The molecule has 1 amide bonds. The molecule has 0 aromatic heterocycles. The van der Waals surface area contributed by atoms with Gasteiger partial charge in [-0.3, -0.25) is 19.2 Å². The van der Waals surface area contributed by atoms with Crippen LogP contribution in [0.15, 0.2) is 9.98 Å². The molecule has 3 N–H and O–H groups in total. The molecule has 158 valence electrons. The standard InChI is InChI=1S/C16H20N4O9/c1-6(21)28-12-10(24)11(7(3-8(22)23)16(26)27-2)29-15(12)20-5-19-13-9(20)14(25)18-4-17-13/h4-5,7,9-13,15,24H,3H2,1-2H3,(H,22,23)(H,17,18,25)/t7?,9?,10-,11+,12+,13?,15+/m0/s1. The largest absolute Gasteiger partial charge is 0.481 e. The quantitative estimate of drug-likeness (QED) is 0.394. The fourth-order valence-electron chi connectivity index (χ4n) is 3.57. The third-order valence-electron chi connectivity index (χ3n) is 4.80. The molecular weight excluding hydrogens is 392 g/mol. The fraction of sp³-hybridized carbons (Fsp3) is 0.625. The van der Waals surface area contributed by atoms with Crippen LogP contribution in [-0.2, 0) is 33.4 Å². The van der Waals surface area contributed by atoms with Crippen molar-refractivity contribution in [3.63, 3.8) is 0 Å². The summed E-state index contributed by atoms with van der Waals surface area (Å²) in [5, 5.41) is 22.3. The maximum Gasteiger partial charge on any atom is 0.312 e. The number of esters is 2. The first-order chi connectivity index (χ1) is 13.7. The summed E-state index contributed by atoms with van der Waals surface area (Å²) in [6.07, 6.45) is -4.40. The smallest absolute Gasteiger partial charge is 0.312 e. The predicted octanol–water partition coefficient (Wildman–Crippen LogP) is -2.54. The number of hydrogen-bond acceptors (Lipinski definition) is 11. The van der Waals surface area contributed by atoms with Gasteiger partial charge in [0.2, 0.25) is 0 Å². The number of nitrogens with zero attached hydrogens (tertiary/aromatic N) is 3. The summed E-state index contributed by atoms with van der Waals surface area (Å²) < 4.78 is 15.6. The lowest BCUT2D eigenvalue weighted by molar-refractivity contribution is -0.163. The molecule has 0 bridgehead atoms. The molecule has 3 unspecified atom stereocenters. The van der Waals surface area contributed by atoms with E-state index in [1.807, 2.05) is 0 Å². The minimum Gasteiger partial charge on any atom is -0.481 e. The monoisotopic (exact) mass is 412 g/mol. The molecule has 29 heavy (non-hydrogen) atoms. The van der Waals surface area contributed by atoms with Gasteiger partial charge in [0.25, 0.3) is 5.91 Å². The predicted molar refractivity (Wildman–Crippen MR) is 92.5 cm³/mol. The third-order valence-corrected chi connectivity index (χ3v) is 4.80. The van der Waals surface area contributed by atoms with E-state index in [1.165, 1.54) is 17.6 Å².